The average molecular weight is 249 g/mol. The average Bonchev–Trinajstić information content (AvgIpc) is 2.61. The Morgan fingerprint density at radius 3 is 2.31 bits per heavy atom. The molecule has 0 aromatic heterocycles. The van der Waals surface area contributed by atoms with Crippen LogP contribution in [0.5, 0.6) is 0 Å². The number of halogens is 1. The Morgan fingerprint density at radius 1 is 1.38 bits per heavy atom. The Labute approximate surface area is 105 Å². The van der Waals surface area contributed by atoms with Crippen molar-refractivity contribution in [1.82, 2.24) is 5.32 Å². The quantitative estimate of drug-likeness (QED) is 0.801. The van der Waals surface area contributed by atoms with Crippen LogP contribution in [0.4, 0.5) is 0 Å². The standard InChI is InChI=1S/C12H24N2O.ClH/c1-9(2)10(13)11(15)14-8-12(3)6-4-5-7-12;/h9-10H,4-8,13H2,1-3H3,(H,14,15);1H/t10-;/m1./s1. The van der Waals surface area contributed by atoms with E-state index in [1.165, 1.54) is 25.7 Å². The van der Waals surface area contributed by atoms with E-state index in [1.807, 2.05) is 13.8 Å². The molecule has 0 bridgehead atoms. The van der Waals surface area contributed by atoms with Gasteiger partial charge in [0.15, 0.2) is 0 Å². The van der Waals surface area contributed by atoms with E-state index in [0.29, 0.717) is 5.41 Å². The van der Waals surface area contributed by atoms with Crippen LogP contribution in [-0.2, 0) is 4.79 Å². The molecule has 3 nitrogen and oxygen atoms in total. The van der Waals surface area contributed by atoms with E-state index < -0.39 is 0 Å². The SMILES string of the molecule is CC(C)[C@@H](N)C(=O)NCC1(C)CCCC1.Cl. The Kier molecular flexibility index (Phi) is 6.34. The van der Waals surface area contributed by atoms with Crippen LogP contribution >= 0.6 is 12.4 Å². The summed E-state index contributed by atoms with van der Waals surface area (Å²) in [6.45, 7) is 6.98. The third-order valence-corrected chi connectivity index (χ3v) is 3.52. The number of carbonyl (C=O) groups excluding carboxylic acids is 1. The van der Waals surface area contributed by atoms with Crippen molar-refractivity contribution in [2.75, 3.05) is 6.54 Å². The van der Waals surface area contributed by atoms with Gasteiger partial charge in [0.1, 0.15) is 0 Å². The topological polar surface area (TPSA) is 55.1 Å². The van der Waals surface area contributed by atoms with Crippen LogP contribution in [0.2, 0.25) is 0 Å². The van der Waals surface area contributed by atoms with Crippen LogP contribution in [0.25, 0.3) is 0 Å². The molecule has 1 atom stereocenters. The Morgan fingerprint density at radius 2 is 1.88 bits per heavy atom. The van der Waals surface area contributed by atoms with Crippen LogP contribution in [-0.4, -0.2) is 18.5 Å². The summed E-state index contributed by atoms with van der Waals surface area (Å²) in [5, 5.41) is 2.98. The maximum absolute atomic E-state index is 11.6. The van der Waals surface area contributed by atoms with Crippen molar-refractivity contribution in [1.29, 1.82) is 0 Å². The van der Waals surface area contributed by atoms with E-state index in [2.05, 4.69) is 12.2 Å². The van der Waals surface area contributed by atoms with Crippen LogP contribution < -0.4 is 11.1 Å². The second kappa shape index (κ2) is 6.45. The smallest absolute Gasteiger partial charge is 0.237 e. The zero-order valence-corrected chi connectivity index (χ0v) is 11.4. The highest BCUT2D eigenvalue weighted by atomic mass is 35.5. The van der Waals surface area contributed by atoms with E-state index >= 15 is 0 Å². The molecular formula is C12H25ClN2O. The first-order valence-corrected chi connectivity index (χ1v) is 5.98. The molecule has 1 amide bonds. The van der Waals surface area contributed by atoms with E-state index in [0.717, 1.165) is 6.54 Å². The molecule has 4 heteroatoms. The van der Waals surface area contributed by atoms with Crippen LogP contribution in [0, 0.1) is 11.3 Å². The van der Waals surface area contributed by atoms with Crippen molar-refractivity contribution < 1.29 is 4.79 Å². The maximum Gasteiger partial charge on any atom is 0.237 e. The third-order valence-electron chi connectivity index (χ3n) is 3.52. The van der Waals surface area contributed by atoms with Gasteiger partial charge in [0.25, 0.3) is 0 Å². The fraction of sp³-hybridized carbons (Fsp3) is 0.917. The zero-order chi connectivity index (χ0) is 11.5. The number of rotatable bonds is 4. The molecular weight excluding hydrogens is 224 g/mol. The summed E-state index contributed by atoms with van der Waals surface area (Å²) >= 11 is 0. The van der Waals surface area contributed by atoms with Crippen LogP contribution in [0.1, 0.15) is 46.5 Å². The van der Waals surface area contributed by atoms with Gasteiger partial charge in [0.2, 0.25) is 5.91 Å². The first-order valence-electron chi connectivity index (χ1n) is 5.98. The minimum absolute atomic E-state index is 0. The number of hydrogen-bond donors (Lipinski definition) is 2. The van der Waals surface area contributed by atoms with Crippen molar-refractivity contribution >= 4 is 18.3 Å². The van der Waals surface area contributed by atoms with Crippen LogP contribution in [0.3, 0.4) is 0 Å². The molecule has 0 aromatic carbocycles. The highest BCUT2D eigenvalue weighted by Gasteiger charge is 2.29. The van der Waals surface area contributed by atoms with E-state index in [-0.39, 0.29) is 30.3 Å². The fourth-order valence-electron chi connectivity index (χ4n) is 2.13. The first-order chi connectivity index (χ1) is 6.94. The lowest BCUT2D eigenvalue weighted by Gasteiger charge is -2.25. The summed E-state index contributed by atoms with van der Waals surface area (Å²) in [5.41, 5.74) is 6.09. The molecule has 1 rings (SSSR count). The number of hydrogen-bond acceptors (Lipinski definition) is 2. The minimum atomic E-state index is -0.366. The lowest BCUT2D eigenvalue weighted by Crippen LogP contribution is -2.46. The summed E-state index contributed by atoms with van der Waals surface area (Å²) in [4.78, 5) is 11.6. The molecule has 0 spiro atoms. The normalized spacial score (nSPS) is 20.3. The number of nitrogens with two attached hydrogens (primary N) is 1. The molecule has 3 N–H and O–H groups in total. The van der Waals surface area contributed by atoms with Gasteiger partial charge < -0.3 is 11.1 Å². The van der Waals surface area contributed by atoms with Gasteiger partial charge in [-0.1, -0.05) is 33.6 Å². The molecule has 0 heterocycles. The predicted octanol–water partition coefficient (Wildman–Crippen LogP) is 2.09. The van der Waals surface area contributed by atoms with Gasteiger partial charge >= 0.3 is 0 Å². The Hall–Kier alpha value is -0.280. The highest BCUT2D eigenvalue weighted by Crippen LogP contribution is 2.36. The van der Waals surface area contributed by atoms with Gasteiger partial charge in [-0.3, -0.25) is 4.79 Å². The molecule has 1 aliphatic carbocycles. The third kappa shape index (κ3) is 4.30. The molecule has 1 aliphatic rings. The lowest BCUT2D eigenvalue weighted by atomic mass is 9.88. The first kappa shape index (κ1) is 15.7. The molecule has 96 valence electrons. The molecule has 1 fully saturated rings. The van der Waals surface area contributed by atoms with Crippen molar-refractivity contribution in [2.45, 2.75) is 52.5 Å². The van der Waals surface area contributed by atoms with Gasteiger partial charge in [0, 0.05) is 6.54 Å². The number of nitrogens with one attached hydrogen (secondary N) is 1. The van der Waals surface area contributed by atoms with Crippen molar-refractivity contribution in [3.63, 3.8) is 0 Å². The summed E-state index contributed by atoms with van der Waals surface area (Å²) in [5.74, 6) is 0.208. The van der Waals surface area contributed by atoms with Crippen molar-refractivity contribution in [2.24, 2.45) is 17.1 Å². The predicted molar refractivity (Wildman–Crippen MR) is 69.6 cm³/mol. The summed E-state index contributed by atoms with van der Waals surface area (Å²) in [7, 11) is 0. The van der Waals surface area contributed by atoms with Gasteiger partial charge in [-0.15, -0.1) is 12.4 Å². The zero-order valence-electron chi connectivity index (χ0n) is 10.6. The lowest BCUT2D eigenvalue weighted by molar-refractivity contribution is -0.123. The molecule has 0 aliphatic heterocycles. The molecule has 0 radical (unpaired) electrons. The van der Waals surface area contributed by atoms with E-state index in [9.17, 15) is 4.79 Å². The molecule has 0 unspecified atom stereocenters. The van der Waals surface area contributed by atoms with Gasteiger partial charge in [0.05, 0.1) is 6.04 Å². The van der Waals surface area contributed by atoms with Gasteiger partial charge in [-0.25, -0.2) is 0 Å². The van der Waals surface area contributed by atoms with Gasteiger partial charge in [-0.2, -0.15) is 0 Å². The van der Waals surface area contributed by atoms with Crippen LogP contribution in [0.15, 0.2) is 0 Å². The monoisotopic (exact) mass is 248 g/mol. The molecule has 16 heavy (non-hydrogen) atoms. The number of amides is 1. The minimum Gasteiger partial charge on any atom is -0.354 e. The fourth-order valence-corrected chi connectivity index (χ4v) is 2.13. The van der Waals surface area contributed by atoms with E-state index in [1.54, 1.807) is 0 Å². The van der Waals surface area contributed by atoms with Crippen molar-refractivity contribution in [3.05, 3.63) is 0 Å². The maximum atomic E-state index is 11.6. The van der Waals surface area contributed by atoms with Crippen molar-refractivity contribution in [3.8, 4) is 0 Å². The summed E-state index contributed by atoms with van der Waals surface area (Å²) in [6, 6.07) is -0.366. The van der Waals surface area contributed by atoms with Gasteiger partial charge in [-0.05, 0) is 24.2 Å². The highest BCUT2D eigenvalue weighted by molar-refractivity contribution is 5.85. The Bertz CT molecular complexity index is 225. The Balaban J connectivity index is 0.00000225. The second-order valence-corrected chi connectivity index (χ2v) is 5.51. The summed E-state index contributed by atoms with van der Waals surface area (Å²) in [6.07, 6.45) is 5.04. The molecule has 0 aromatic rings. The summed E-state index contributed by atoms with van der Waals surface area (Å²) < 4.78 is 0. The second-order valence-electron chi connectivity index (χ2n) is 5.51. The number of carbonyl (C=O) groups is 1. The molecule has 0 saturated heterocycles. The molecule has 1 saturated carbocycles. The largest absolute Gasteiger partial charge is 0.354 e. The van der Waals surface area contributed by atoms with E-state index in [4.69, 9.17) is 5.73 Å².